The highest BCUT2D eigenvalue weighted by atomic mass is 16.5. The largest absolute Gasteiger partial charge is 0.457 e. The van der Waals surface area contributed by atoms with Crippen LogP contribution in [0.15, 0.2) is 170 Å². The van der Waals surface area contributed by atoms with Crippen LogP contribution in [0, 0.1) is 5.92 Å². The Morgan fingerprint density at radius 1 is 0.554 bits per heavy atom. The second-order valence-electron chi connectivity index (χ2n) is 20.0. The molecule has 9 aromatic rings. The number of rotatable bonds is 9. The smallest absolute Gasteiger partial charge is 0.137 e. The van der Waals surface area contributed by atoms with E-state index in [0.29, 0.717) is 5.92 Å². The molecule has 7 aromatic carbocycles. The van der Waals surface area contributed by atoms with Crippen molar-refractivity contribution in [2.75, 3.05) is 10.6 Å². The molecule has 1 aliphatic carbocycles. The zero-order valence-electron chi connectivity index (χ0n) is 38.7. The van der Waals surface area contributed by atoms with Crippen LogP contribution < -0.4 is 15.4 Å². The number of aryl methyl sites for hydroxylation is 1. The molecule has 0 spiro atoms. The van der Waals surface area contributed by atoms with Crippen molar-refractivity contribution in [3.05, 3.63) is 192 Å². The van der Waals surface area contributed by atoms with E-state index in [-0.39, 0.29) is 10.8 Å². The van der Waals surface area contributed by atoms with Gasteiger partial charge in [0.15, 0.2) is 0 Å². The van der Waals surface area contributed by atoms with E-state index in [4.69, 9.17) is 9.72 Å². The average molecular weight is 851 g/mol. The maximum atomic E-state index is 6.75. The van der Waals surface area contributed by atoms with E-state index in [1.165, 1.54) is 45.0 Å². The SMILES string of the molecule is CC1CCc2cc3c(cc2C1)c1ccc(Oc2cccc(Nc4ccccc4Nc4c(-c5ccccc5)cc(C(C)(C)C)cc4-c4ccccc4)c2)cc1n3-c1cc(C(C)(C)C)ccn1. The Morgan fingerprint density at radius 2 is 1.18 bits per heavy atom. The third-order valence-corrected chi connectivity index (χ3v) is 13.1. The summed E-state index contributed by atoms with van der Waals surface area (Å²) in [5.74, 6) is 3.13. The molecular weight excluding hydrogens is 793 g/mol. The molecule has 0 bridgehead atoms. The van der Waals surface area contributed by atoms with Crippen LogP contribution in [-0.2, 0) is 23.7 Å². The Kier molecular flexibility index (Phi) is 10.8. The molecule has 0 saturated heterocycles. The number of benzene rings is 7. The summed E-state index contributed by atoms with van der Waals surface area (Å²) < 4.78 is 9.09. The number of ether oxygens (including phenoxy) is 1. The van der Waals surface area contributed by atoms with Gasteiger partial charge in [-0.25, -0.2) is 4.98 Å². The fourth-order valence-corrected chi connectivity index (χ4v) is 9.42. The van der Waals surface area contributed by atoms with Crippen molar-refractivity contribution >= 4 is 44.6 Å². The minimum atomic E-state index is -0.0456. The average Bonchev–Trinajstić information content (AvgIpc) is 3.61. The van der Waals surface area contributed by atoms with Gasteiger partial charge in [0.2, 0.25) is 0 Å². The molecule has 0 aliphatic heterocycles. The minimum Gasteiger partial charge on any atom is -0.457 e. The molecule has 10 rings (SSSR count). The molecule has 5 nitrogen and oxygen atoms in total. The normalized spacial score (nSPS) is 14.0. The van der Waals surface area contributed by atoms with Crippen LogP contribution in [0.4, 0.5) is 22.7 Å². The number of anilines is 4. The molecule has 2 heterocycles. The topological polar surface area (TPSA) is 51.1 Å². The Labute approximate surface area is 384 Å². The second-order valence-corrected chi connectivity index (χ2v) is 20.0. The van der Waals surface area contributed by atoms with Crippen molar-refractivity contribution < 1.29 is 4.74 Å². The molecule has 0 radical (unpaired) electrons. The highest BCUT2D eigenvalue weighted by Crippen LogP contribution is 2.44. The molecule has 2 aromatic heterocycles. The monoisotopic (exact) mass is 850 g/mol. The lowest BCUT2D eigenvalue weighted by molar-refractivity contribution is 0.483. The summed E-state index contributed by atoms with van der Waals surface area (Å²) in [5, 5.41) is 10.1. The Bertz CT molecular complexity index is 3130. The van der Waals surface area contributed by atoms with Crippen molar-refractivity contribution in [1.82, 2.24) is 9.55 Å². The zero-order chi connectivity index (χ0) is 44.9. The summed E-state index contributed by atoms with van der Waals surface area (Å²) in [7, 11) is 0. The first-order valence-electron chi connectivity index (χ1n) is 23.1. The number of fused-ring (bicyclic) bond motifs is 4. The fourth-order valence-electron chi connectivity index (χ4n) is 9.42. The quantitative estimate of drug-likeness (QED) is 0.152. The van der Waals surface area contributed by atoms with Gasteiger partial charge in [-0.3, -0.25) is 4.57 Å². The minimum absolute atomic E-state index is 0.0104. The van der Waals surface area contributed by atoms with Crippen molar-refractivity contribution in [1.29, 1.82) is 0 Å². The van der Waals surface area contributed by atoms with E-state index in [2.05, 4.69) is 215 Å². The molecule has 1 atom stereocenters. The van der Waals surface area contributed by atoms with Crippen molar-refractivity contribution in [2.45, 2.75) is 78.6 Å². The lowest BCUT2D eigenvalue weighted by atomic mass is 9.82. The molecule has 1 aliphatic rings. The summed E-state index contributed by atoms with van der Waals surface area (Å²) in [5.41, 5.74) is 16.2. The number of hydrogen-bond donors (Lipinski definition) is 2. The Balaban J connectivity index is 1.00. The van der Waals surface area contributed by atoms with Crippen molar-refractivity contribution in [3.63, 3.8) is 0 Å². The van der Waals surface area contributed by atoms with Crippen molar-refractivity contribution in [2.24, 2.45) is 5.92 Å². The van der Waals surface area contributed by atoms with Crippen LogP contribution in [0.25, 0.3) is 49.9 Å². The molecule has 2 N–H and O–H groups in total. The lowest BCUT2D eigenvalue weighted by Gasteiger charge is -2.26. The molecular formula is C60H58N4O. The van der Waals surface area contributed by atoms with Gasteiger partial charge >= 0.3 is 0 Å². The van der Waals surface area contributed by atoms with Crippen LogP contribution >= 0.6 is 0 Å². The highest BCUT2D eigenvalue weighted by molar-refractivity contribution is 6.10. The predicted octanol–water partition coefficient (Wildman–Crippen LogP) is 16.5. The third-order valence-electron chi connectivity index (χ3n) is 13.1. The number of aromatic nitrogens is 2. The molecule has 0 amide bonds. The van der Waals surface area contributed by atoms with Gasteiger partial charge in [0.05, 0.1) is 28.1 Å². The van der Waals surface area contributed by atoms with Crippen LogP contribution in [0.3, 0.4) is 0 Å². The fraction of sp³-hybridized carbons (Fsp3) is 0.217. The van der Waals surface area contributed by atoms with Crippen LogP contribution in [-0.4, -0.2) is 9.55 Å². The Morgan fingerprint density at radius 3 is 1.86 bits per heavy atom. The predicted molar refractivity (Wildman–Crippen MR) is 274 cm³/mol. The van der Waals surface area contributed by atoms with Crippen LogP contribution in [0.2, 0.25) is 0 Å². The van der Waals surface area contributed by atoms with Gasteiger partial charge in [-0.05, 0) is 142 Å². The summed E-state index contributed by atoms with van der Waals surface area (Å²) in [4.78, 5) is 4.98. The Hall–Kier alpha value is -7.11. The summed E-state index contributed by atoms with van der Waals surface area (Å²) in [6, 6.07) is 58.5. The number of hydrogen-bond acceptors (Lipinski definition) is 4. The molecule has 65 heavy (non-hydrogen) atoms. The van der Waals surface area contributed by atoms with Gasteiger partial charge in [-0.2, -0.15) is 0 Å². The maximum absolute atomic E-state index is 6.75. The summed E-state index contributed by atoms with van der Waals surface area (Å²) in [6.45, 7) is 16.0. The van der Waals surface area contributed by atoms with Gasteiger partial charge in [-0.15, -0.1) is 0 Å². The number of para-hydroxylation sites is 2. The number of nitrogens with one attached hydrogen (secondary N) is 2. The molecule has 0 saturated carbocycles. The van der Waals surface area contributed by atoms with E-state index >= 15 is 0 Å². The van der Waals surface area contributed by atoms with E-state index in [1.807, 2.05) is 18.3 Å². The first-order valence-corrected chi connectivity index (χ1v) is 23.1. The van der Waals surface area contributed by atoms with Crippen LogP contribution in [0.1, 0.15) is 77.1 Å². The first-order chi connectivity index (χ1) is 31.4. The van der Waals surface area contributed by atoms with Crippen LogP contribution in [0.5, 0.6) is 11.5 Å². The van der Waals surface area contributed by atoms with Gasteiger partial charge in [-0.1, -0.05) is 127 Å². The summed E-state index contributed by atoms with van der Waals surface area (Å²) >= 11 is 0. The molecule has 5 heteroatoms. The van der Waals surface area contributed by atoms with Crippen molar-refractivity contribution in [3.8, 4) is 39.6 Å². The number of pyridine rings is 1. The highest BCUT2D eigenvalue weighted by Gasteiger charge is 2.24. The summed E-state index contributed by atoms with van der Waals surface area (Å²) in [6.07, 6.45) is 5.40. The molecule has 0 fully saturated rings. The lowest BCUT2D eigenvalue weighted by Crippen LogP contribution is -2.12. The zero-order valence-corrected chi connectivity index (χ0v) is 38.7. The number of nitrogens with zero attached hydrogens (tertiary/aromatic N) is 2. The first kappa shape index (κ1) is 41.9. The van der Waals surface area contributed by atoms with Gasteiger partial charge in [0.1, 0.15) is 17.3 Å². The van der Waals surface area contributed by atoms with E-state index < -0.39 is 0 Å². The van der Waals surface area contributed by atoms with E-state index in [1.54, 1.807) is 0 Å². The standard InChI is InChI=1S/C60H58N4O/c1-39-25-26-42-33-55-52(32-43(42)31-39)49-28-27-48(38-56(49)64(55)57-36-44(29-30-61-57)59(2,3)4)65-47-22-16-21-46(37-47)62-53-23-14-15-24-54(53)63-58-50(40-17-10-8-11-18-40)34-45(60(5,6)7)35-51(58)41-19-12-9-13-20-41/h8-24,27-30,32-39,62-63H,25-26,31H2,1-7H3. The van der Waals surface area contributed by atoms with Gasteiger partial charge in [0, 0.05) is 45.9 Å². The van der Waals surface area contributed by atoms with E-state index in [0.717, 1.165) is 80.7 Å². The molecule has 1 unspecified atom stereocenters. The van der Waals surface area contributed by atoms with Gasteiger partial charge in [0.25, 0.3) is 0 Å². The second kappa shape index (κ2) is 16.8. The van der Waals surface area contributed by atoms with E-state index in [9.17, 15) is 0 Å². The van der Waals surface area contributed by atoms with Gasteiger partial charge < -0.3 is 15.4 Å². The molecule has 324 valence electrons. The third kappa shape index (κ3) is 8.51. The maximum Gasteiger partial charge on any atom is 0.137 e.